The minimum Gasteiger partial charge on any atom is -0.487 e. The van der Waals surface area contributed by atoms with Crippen LogP contribution < -0.4 is 14.8 Å². The van der Waals surface area contributed by atoms with Gasteiger partial charge in [-0.05, 0) is 43.2 Å². The Labute approximate surface area is 143 Å². The van der Waals surface area contributed by atoms with E-state index in [0.29, 0.717) is 30.2 Å². The number of anilines is 1. The van der Waals surface area contributed by atoms with E-state index in [1.807, 2.05) is 56.3 Å². The van der Waals surface area contributed by atoms with Gasteiger partial charge >= 0.3 is 0 Å². The molecule has 0 spiro atoms. The third-order valence-electron chi connectivity index (χ3n) is 3.43. The van der Waals surface area contributed by atoms with E-state index in [-0.39, 0.29) is 5.91 Å². The number of carbonyl (C=O) groups excluding carboxylic acids is 1. The van der Waals surface area contributed by atoms with Crippen molar-refractivity contribution in [2.45, 2.75) is 26.4 Å². The molecule has 0 radical (unpaired) electrons. The summed E-state index contributed by atoms with van der Waals surface area (Å²) < 4.78 is 11.4. The minimum absolute atomic E-state index is 0.200. The second-order valence-corrected chi connectivity index (χ2v) is 5.42. The summed E-state index contributed by atoms with van der Waals surface area (Å²) in [5.41, 5.74) is 1.71. The van der Waals surface area contributed by atoms with Crippen LogP contribution in [0.5, 0.6) is 11.5 Å². The smallest absolute Gasteiger partial charge is 0.265 e. The summed E-state index contributed by atoms with van der Waals surface area (Å²) in [5, 5.41) is 2.88. The number of carbonyl (C=O) groups is 1. The van der Waals surface area contributed by atoms with Gasteiger partial charge < -0.3 is 14.8 Å². The summed E-state index contributed by atoms with van der Waals surface area (Å²) in [4.78, 5) is 12.5. The predicted molar refractivity (Wildman–Crippen MR) is 96.6 cm³/mol. The first kappa shape index (κ1) is 17.6. The van der Waals surface area contributed by atoms with Gasteiger partial charge in [-0.3, -0.25) is 4.79 Å². The number of hydrogen-bond donors (Lipinski definition) is 1. The molecule has 4 nitrogen and oxygen atoms in total. The lowest BCUT2D eigenvalue weighted by Crippen LogP contribution is -2.32. The first-order chi connectivity index (χ1) is 11.6. The van der Waals surface area contributed by atoms with Gasteiger partial charge in [0.05, 0.1) is 5.69 Å². The van der Waals surface area contributed by atoms with Crippen LogP contribution in [0.3, 0.4) is 0 Å². The molecule has 4 heteroatoms. The maximum absolute atomic E-state index is 12.5. The lowest BCUT2D eigenvalue weighted by molar-refractivity contribution is -0.122. The molecular formula is C20H23NO3. The number of ether oxygens (including phenoxy) is 2. The number of amides is 1. The van der Waals surface area contributed by atoms with Crippen molar-refractivity contribution in [2.75, 3.05) is 11.9 Å². The van der Waals surface area contributed by atoms with Crippen molar-refractivity contribution in [3.63, 3.8) is 0 Å². The molecule has 0 aliphatic heterocycles. The number of para-hydroxylation sites is 2. The molecule has 2 aromatic rings. The van der Waals surface area contributed by atoms with Gasteiger partial charge in [0.2, 0.25) is 0 Å². The van der Waals surface area contributed by atoms with Crippen molar-refractivity contribution in [2.24, 2.45) is 0 Å². The molecule has 126 valence electrons. The molecule has 2 aromatic carbocycles. The molecule has 0 heterocycles. The van der Waals surface area contributed by atoms with Crippen molar-refractivity contribution in [3.05, 3.63) is 66.7 Å². The molecule has 0 bridgehead atoms. The number of benzene rings is 2. The van der Waals surface area contributed by atoms with Crippen LogP contribution in [0, 0.1) is 6.92 Å². The average Bonchev–Trinajstić information content (AvgIpc) is 2.59. The van der Waals surface area contributed by atoms with Crippen LogP contribution >= 0.6 is 0 Å². The monoisotopic (exact) mass is 325 g/mol. The van der Waals surface area contributed by atoms with E-state index in [1.165, 1.54) is 0 Å². The van der Waals surface area contributed by atoms with Crippen LogP contribution in [-0.2, 0) is 4.79 Å². The van der Waals surface area contributed by atoms with Crippen molar-refractivity contribution >= 4 is 11.6 Å². The molecule has 0 saturated carbocycles. The molecule has 24 heavy (non-hydrogen) atoms. The Balaban J connectivity index is 2.08. The van der Waals surface area contributed by atoms with Crippen LogP contribution in [0.1, 0.15) is 18.9 Å². The second-order valence-electron chi connectivity index (χ2n) is 5.42. The number of rotatable bonds is 8. The predicted octanol–water partition coefficient (Wildman–Crippen LogP) is 4.36. The molecule has 2 rings (SSSR count). The van der Waals surface area contributed by atoms with Gasteiger partial charge in [0.1, 0.15) is 18.1 Å². The Morgan fingerprint density at radius 2 is 2.04 bits per heavy atom. The Bertz CT molecular complexity index is 697. The van der Waals surface area contributed by atoms with Crippen molar-refractivity contribution < 1.29 is 14.3 Å². The van der Waals surface area contributed by atoms with Crippen LogP contribution in [0.25, 0.3) is 0 Å². The van der Waals surface area contributed by atoms with Gasteiger partial charge in [0.15, 0.2) is 6.10 Å². The minimum atomic E-state index is -0.570. The summed E-state index contributed by atoms with van der Waals surface area (Å²) in [5.74, 6) is 1.10. The van der Waals surface area contributed by atoms with E-state index in [0.717, 1.165) is 5.56 Å². The zero-order valence-electron chi connectivity index (χ0n) is 14.1. The summed E-state index contributed by atoms with van der Waals surface area (Å²) in [6.07, 6.45) is 1.66. The Hall–Kier alpha value is -2.75. The van der Waals surface area contributed by atoms with Gasteiger partial charge in [0, 0.05) is 0 Å². The first-order valence-electron chi connectivity index (χ1n) is 8.01. The second kappa shape index (κ2) is 8.77. The van der Waals surface area contributed by atoms with E-state index >= 15 is 0 Å². The van der Waals surface area contributed by atoms with E-state index in [2.05, 4.69) is 11.9 Å². The molecule has 0 aliphatic carbocycles. The van der Waals surface area contributed by atoms with Crippen molar-refractivity contribution in [1.29, 1.82) is 0 Å². The number of aryl methyl sites for hydroxylation is 1. The van der Waals surface area contributed by atoms with Crippen LogP contribution in [-0.4, -0.2) is 18.6 Å². The Morgan fingerprint density at radius 1 is 1.25 bits per heavy atom. The molecule has 1 N–H and O–H groups in total. The number of hydrogen-bond acceptors (Lipinski definition) is 3. The molecule has 0 aliphatic rings. The lowest BCUT2D eigenvalue weighted by atomic mass is 10.2. The normalized spacial score (nSPS) is 11.4. The van der Waals surface area contributed by atoms with E-state index in [4.69, 9.17) is 9.47 Å². The molecule has 0 aromatic heterocycles. The van der Waals surface area contributed by atoms with Gasteiger partial charge in [-0.25, -0.2) is 0 Å². The van der Waals surface area contributed by atoms with Gasteiger partial charge in [0.25, 0.3) is 5.91 Å². The third kappa shape index (κ3) is 4.88. The summed E-state index contributed by atoms with van der Waals surface area (Å²) in [6.45, 7) is 7.91. The fourth-order valence-electron chi connectivity index (χ4n) is 2.23. The highest BCUT2D eigenvalue weighted by molar-refractivity contribution is 5.95. The summed E-state index contributed by atoms with van der Waals surface area (Å²) in [7, 11) is 0. The topological polar surface area (TPSA) is 47.6 Å². The molecule has 0 fully saturated rings. The molecule has 1 amide bonds. The third-order valence-corrected chi connectivity index (χ3v) is 3.43. The number of nitrogens with one attached hydrogen (secondary N) is 1. The van der Waals surface area contributed by atoms with Gasteiger partial charge in [-0.1, -0.05) is 43.8 Å². The quantitative estimate of drug-likeness (QED) is 0.734. The Kier molecular flexibility index (Phi) is 6.43. The standard InChI is InChI=1S/C20H23NO3/c1-4-13-23-19-12-7-6-11-17(19)21-20(22)18(5-2)24-16-10-8-9-15(3)14-16/h4,6-12,14,18H,1,5,13H2,2-3H3,(H,21,22). The Morgan fingerprint density at radius 3 is 2.75 bits per heavy atom. The van der Waals surface area contributed by atoms with Crippen LogP contribution in [0.4, 0.5) is 5.69 Å². The van der Waals surface area contributed by atoms with E-state index in [9.17, 15) is 4.79 Å². The van der Waals surface area contributed by atoms with Crippen LogP contribution in [0.15, 0.2) is 61.2 Å². The van der Waals surface area contributed by atoms with Crippen molar-refractivity contribution in [1.82, 2.24) is 0 Å². The summed E-state index contributed by atoms with van der Waals surface area (Å²) in [6, 6.07) is 15.0. The fourth-order valence-corrected chi connectivity index (χ4v) is 2.23. The van der Waals surface area contributed by atoms with Gasteiger partial charge in [-0.2, -0.15) is 0 Å². The fraction of sp³-hybridized carbons (Fsp3) is 0.250. The zero-order chi connectivity index (χ0) is 17.4. The molecular weight excluding hydrogens is 302 g/mol. The van der Waals surface area contributed by atoms with E-state index in [1.54, 1.807) is 12.1 Å². The molecule has 1 atom stereocenters. The highest BCUT2D eigenvalue weighted by Gasteiger charge is 2.19. The average molecular weight is 325 g/mol. The summed E-state index contributed by atoms with van der Waals surface area (Å²) >= 11 is 0. The highest BCUT2D eigenvalue weighted by Crippen LogP contribution is 2.24. The molecule has 0 saturated heterocycles. The van der Waals surface area contributed by atoms with Gasteiger partial charge in [-0.15, -0.1) is 0 Å². The maximum atomic E-state index is 12.5. The largest absolute Gasteiger partial charge is 0.487 e. The van der Waals surface area contributed by atoms with E-state index < -0.39 is 6.10 Å². The molecule has 1 unspecified atom stereocenters. The van der Waals surface area contributed by atoms with Crippen LogP contribution in [0.2, 0.25) is 0 Å². The lowest BCUT2D eigenvalue weighted by Gasteiger charge is -2.18. The highest BCUT2D eigenvalue weighted by atomic mass is 16.5. The SMILES string of the molecule is C=CCOc1ccccc1NC(=O)C(CC)Oc1cccc(C)c1. The first-order valence-corrected chi connectivity index (χ1v) is 8.01. The van der Waals surface area contributed by atoms with Crippen molar-refractivity contribution in [3.8, 4) is 11.5 Å². The maximum Gasteiger partial charge on any atom is 0.265 e. The zero-order valence-corrected chi connectivity index (χ0v) is 14.1.